The van der Waals surface area contributed by atoms with E-state index < -0.39 is 0 Å². The lowest BCUT2D eigenvalue weighted by Gasteiger charge is -2.38. The van der Waals surface area contributed by atoms with Gasteiger partial charge in [0.2, 0.25) is 0 Å². The standard InChI is InChI=1S/C22H26N4O2/c1-15-8-9-19-17(11-15)18(12-22(2,3)28-19)24-21(27)25(4)14-16-13-23-20-7-5-6-10-26(16)20/h5-11,13,18H,12,14H2,1-4H3,(H,24,27)/t18-/m0/s1. The molecule has 0 aliphatic carbocycles. The maximum atomic E-state index is 12.9. The number of carbonyl (C=O) groups is 1. The summed E-state index contributed by atoms with van der Waals surface area (Å²) in [7, 11) is 1.80. The Balaban J connectivity index is 1.52. The van der Waals surface area contributed by atoms with Crippen LogP contribution in [-0.2, 0) is 6.54 Å². The van der Waals surface area contributed by atoms with Crippen LogP contribution in [0, 0.1) is 6.92 Å². The number of imidazole rings is 1. The van der Waals surface area contributed by atoms with Gasteiger partial charge in [-0.3, -0.25) is 0 Å². The molecular weight excluding hydrogens is 352 g/mol. The lowest BCUT2D eigenvalue weighted by molar-refractivity contribution is 0.0666. The fourth-order valence-corrected chi connectivity index (χ4v) is 3.78. The number of rotatable bonds is 3. The third kappa shape index (κ3) is 3.54. The summed E-state index contributed by atoms with van der Waals surface area (Å²) < 4.78 is 8.10. The number of hydrogen-bond donors (Lipinski definition) is 1. The van der Waals surface area contributed by atoms with Crippen molar-refractivity contribution in [2.45, 2.75) is 45.4 Å². The Labute approximate surface area is 165 Å². The SMILES string of the molecule is Cc1ccc2c(c1)[C@@H](NC(=O)N(C)Cc1cnc3ccccn13)CC(C)(C)O2. The van der Waals surface area contributed by atoms with Gasteiger partial charge in [-0.15, -0.1) is 0 Å². The molecule has 1 aromatic carbocycles. The number of pyridine rings is 1. The molecule has 0 saturated heterocycles. The van der Waals surface area contributed by atoms with E-state index in [0.29, 0.717) is 6.54 Å². The van der Waals surface area contributed by atoms with E-state index in [1.807, 2.05) is 47.1 Å². The molecule has 0 saturated carbocycles. The van der Waals surface area contributed by atoms with Gasteiger partial charge in [-0.25, -0.2) is 9.78 Å². The zero-order chi connectivity index (χ0) is 19.9. The average molecular weight is 378 g/mol. The van der Waals surface area contributed by atoms with Crippen molar-refractivity contribution >= 4 is 11.7 Å². The van der Waals surface area contributed by atoms with Gasteiger partial charge in [0, 0.05) is 25.2 Å². The van der Waals surface area contributed by atoms with Gasteiger partial charge in [0.25, 0.3) is 0 Å². The van der Waals surface area contributed by atoms with Crippen LogP contribution in [0.15, 0.2) is 48.8 Å². The van der Waals surface area contributed by atoms with Crippen LogP contribution in [0.3, 0.4) is 0 Å². The number of aromatic nitrogens is 2. The summed E-state index contributed by atoms with van der Waals surface area (Å²) in [6.07, 6.45) is 4.50. The molecule has 1 aliphatic heterocycles. The monoisotopic (exact) mass is 378 g/mol. The topological polar surface area (TPSA) is 58.9 Å². The van der Waals surface area contributed by atoms with Gasteiger partial charge in [-0.05, 0) is 39.0 Å². The largest absolute Gasteiger partial charge is 0.487 e. The molecule has 2 amide bonds. The zero-order valence-corrected chi connectivity index (χ0v) is 16.8. The summed E-state index contributed by atoms with van der Waals surface area (Å²) in [5.74, 6) is 0.844. The summed E-state index contributed by atoms with van der Waals surface area (Å²) in [6.45, 7) is 6.63. The Hall–Kier alpha value is -3.02. The highest BCUT2D eigenvalue weighted by atomic mass is 16.5. The van der Waals surface area contributed by atoms with Gasteiger partial charge in [-0.2, -0.15) is 0 Å². The number of carbonyl (C=O) groups excluding carboxylic acids is 1. The molecule has 146 valence electrons. The molecule has 6 nitrogen and oxygen atoms in total. The number of fused-ring (bicyclic) bond motifs is 2. The molecule has 1 atom stereocenters. The normalized spacial score (nSPS) is 17.6. The molecule has 0 unspecified atom stereocenters. The minimum absolute atomic E-state index is 0.0872. The quantitative estimate of drug-likeness (QED) is 0.747. The maximum absolute atomic E-state index is 12.9. The van der Waals surface area contributed by atoms with Crippen molar-refractivity contribution in [3.63, 3.8) is 0 Å². The van der Waals surface area contributed by atoms with Crippen molar-refractivity contribution in [2.24, 2.45) is 0 Å². The lowest BCUT2D eigenvalue weighted by Crippen LogP contribution is -2.45. The highest BCUT2D eigenvalue weighted by molar-refractivity contribution is 5.74. The molecule has 28 heavy (non-hydrogen) atoms. The molecule has 1 aliphatic rings. The molecule has 0 bridgehead atoms. The number of nitrogens with one attached hydrogen (secondary N) is 1. The van der Waals surface area contributed by atoms with E-state index in [-0.39, 0.29) is 17.7 Å². The number of ether oxygens (including phenoxy) is 1. The fraction of sp³-hybridized carbons (Fsp3) is 0.364. The summed E-state index contributed by atoms with van der Waals surface area (Å²) in [5, 5.41) is 3.20. The predicted molar refractivity (Wildman–Crippen MR) is 108 cm³/mol. The van der Waals surface area contributed by atoms with Gasteiger partial charge in [0.15, 0.2) is 0 Å². The van der Waals surface area contributed by atoms with E-state index in [1.54, 1.807) is 11.9 Å². The first-order valence-corrected chi connectivity index (χ1v) is 9.54. The van der Waals surface area contributed by atoms with Crippen LogP contribution in [0.2, 0.25) is 0 Å². The summed E-state index contributed by atoms with van der Waals surface area (Å²) >= 11 is 0. The van der Waals surface area contributed by atoms with Crippen LogP contribution in [-0.4, -0.2) is 33.0 Å². The second kappa shape index (κ2) is 6.86. The summed E-state index contributed by atoms with van der Waals surface area (Å²) in [4.78, 5) is 19.0. The number of hydrogen-bond acceptors (Lipinski definition) is 3. The maximum Gasteiger partial charge on any atom is 0.317 e. The first-order valence-electron chi connectivity index (χ1n) is 9.54. The van der Waals surface area contributed by atoms with E-state index >= 15 is 0 Å². The molecule has 4 rings (SSSR count). The number of nitrogens with zero attached hydrogens (tertiary/aromatic N) is 3. The highest BCUT2D eigenvalue weighted by Gasteiger charge is 2.35. The molecule has 6 heteroatoms. The Kier molecular flexibility index (Phi) is 4.49. The smallest absolute Gasteiger partial charge is 0.317 e. The zero-order valence-electron chi connectivity index (χ0n) is 16.8. The molecule has 0 fully saturated rings. The second-order valence-corrected chi connectivity index (χ2v) is 8.14. The van der Waals surface area contributed by atoms with Crippen LogP contribution in [0.4, 0.5) is 4.79 Å². The van der Waals surface area contributed by atoms with Crippen molar-refractivity contribution in [2.75, 3.05) is 7.05 Å². The number of urea groups is 1. The van der Waals surface area contributed by atoms with Crippen molar-refractivity contribution < 1.29 is 9.53 Å². The Morgan fingerprint density at radius 2 is 2.18 bits per heavy atom. The van der Waals surface area contributed by atoms with E-state index in [1.165, 1.54) is 0 Å². The fourth-order valence-electron chi connectivity index (χ4n) is 3.78. The molecule has 0 radical (unpaired) electrons. The van der Waals surface area contributed by atoms with Gasteiger partial charge < -0.3 is 19.4 Å². The summed E-state index contributed by atoms with van der Waals surface area (Å²) in [6, 6.07) is 11.8. The van der Waals surface area contributed by atoms with Crippen molar-refractivity contribution in [3.05, 3.63) is 65.6 Å². The third-order valence-corrected chi connectivity index (χ3v) is 5.16. The van der Waals surface area contributed by atoms with E-state index in [2.05, 4.69) is 37.1 Å². The Morgan fingerprint density at radius 1 is 1.36 bits per heavy atom. The van der Waals surface area contributed by atoms with Crippen molar-refractivity contribution in [3.8, 4) is 5.75 Å². The van der Waals surface area contributed by atoms with Crippen molar-refractivity contribution in [1.82, 2.24) is 19.6 Å². The predicted octanol–water partition coefficient (Wildman–Crippen LogP) is 4.09. The van der Waals surface area contributed by atoms with Crippen LogP contribution in [0.5, 0.6) is 5.75 Å². The molecule has 3 heterocycles. The number of benzene rings is 1. The van der Waals surface area contributed by atoms with E-state index in [9.17, 15) is 4.79 Å². The Bertz CT molecular complexity index is 1020. The number of amides is 2. The van der Waals surface area contributed by atoms with Crippen LogP contribution < -0.4 is 10.1 Å². The summed E-state index contributed by atoms with van der Waals surface area (Å²) in [5.41, 5.74) is 3.70. The van der Waals surface area contributed by atoms with Crippen molar-refractivity contribution in [1.29, 1.82) is 0 Å². The average Bonchev–Trinajstić information content (AvgIpc) is 3.04. The van der Waals surface area contributed by atoms with Gasteiger partial charge in [-0.1, -0.05) is 23.8 Å². The first kappa shape index (κ1) is 18.3. The van der Waals surface area contributed by atoms with Gasteiger partial charge in [0.05, 0.1) is 24.5 Å². The van der Waals surface area contributed by atoms with Gasteiger partial charge in [0.1, 0.15) is 17.0 Å². The molecule has 0 spiro atoms. The minimum atomic E-state index is -0.333. The number of aryl methyl sites for hydroxylation is 1. The minimum Gasteiger partial charge on any atom is -0.487 e. The molecule has 3 aromatic rings. The first-order chi connectivity index (χ1) is 13.3. The van der Waals surface area contributed by atoms with Crippen LogP contribution in [0.25, 0.3) is 5.65 Å². The molecule has 1 N–H and O–H groups in total. The third-order valence-electron chi connectivity index (χ3n) is 5.16. The second-order valence-electron chi connectivity index (χ2n) is 8.14. The Morgan fingerprint density at radius 3 is 3.00 bits per heavy atom. The lowest BCUT2D eigenvalue weighted by atomic mass is 9.89. The van der Waals surface area contributed by atoms with E-state index in [4.69, 9.17) is 4.74 Å². The van der Waals surface area contributed by atoms with Gasteiger partial charge >= 0.3 is 6.03 Å². The highest BCUT2D eigenvalue weighted by Crippen LogP contribution is 2.39. The van der Waals surface area contributed by atoms with Crippen LogP contribution in [0.1, 0.15) is 43.1 Å². The molecule has 2 aromatic heterocycles. The van der Waals surface area contributed by atoms with E-state index in [0.717, 1.165) is 34.6 Å². The molecular formula is C22H26N4O2. The van der Waals surface area contributed by atoms with Crippen LogP contribution >= 0.6 is 0 Å².